The van der Waals surface area contributed by atoms with Crippen molar-refractivity contribution in [3.05, 3.63) is 30.1 Å². The first-order valence-corrected chi connectivity index (χ1v) is 10.00. The largest absolute Gasteiger partial charge is 0.481 e. The van der Waals surface area contributed by atoms with Crippen LogP contribution in [0.15, 0.2) is 29.2 Å². The van der Waals surface area contributed by atoms with E-state index in [0.717, 1.165) is 25.0 Å². The molecule has 1 heterocycles. The van der Waals surface area contributed by atoms with Crippen LogP contribution < -0.4 is 4.72 Å². The summed E-state index contributed by atoms with van der Waals surface area (Å²) < 4.78 is 40.7. The van der Waals surface area contributed by atoms with Gasteiger partial charge < -0.3 is 10.0 Å². The average molecular weight is 386 g/mol. The minimum absolute atomic E-state index is 0.0518. The molecule has 0 saturated carbocycles. The highest BCUT2D eigenvalue weighted by Gasteiger charge is 2.32. The molecule has 26 heavy (non-hydrogen) atoms. The first-order valence-electron chi connectivity index (χ1n) is 8.51. The zero-order chi connectivity index (χ0) is 19.3. The summed E-state index contributed by atoms with van der Waals surface area (Å²) >= 11 is 0. The van der Waals surface area contributed by atoms with Crippen LogP contribution in [0.4, 0.5) is 4.39 Å². The Kier molecular flexibility index (Phi) is 6.71. The fourth-order valence-electron chi connectivity index (χ4n) is 3.14. The van der Waals surface area contributed by atoms with Gasteiger partial charge in [0.1, 0.15) is 10.7 Å². The molecule has 0 bridgehead atoms. The van der Waals surface area contributed by atoms with Crippen molar-refractivity contribution in [3.63, 3.8) is 0 Å². The first kappa shape index (κ1) is 20.3. The van der Waals surface area contributed by atoms with Crippen molar-refractivity contribution < 1.29 is 27.5 Å². The Morgan fingerprint density at radius 2 is 2.04 bits per heavy atom. The number of halogens is 1. The number of carboxylic acid groups (broad SMARTS) is 1. The lowest BCUT2D eigenvalue weighted by molar-refractivity contribution is -0.140. The number of aliphatic carboxylic acids is 1. The molecule has 1 aliphatic rings. The second kappa shape index (κ2) is 8.59. The Balaban J connectivity index is 2.10. The standard InChI is InChI=1S/C17H23FN2O5S/c1-12(19-26(24,25)15-8-3-2-7-14(15)18)17(23)20-11-5-4-6-13(20)9-10-16(21)22/h2-3,7-8,12-13,19H,4-6,9-11H2,1H3,(H,21,22). The number of nitrogens with zero attached hydrogens (tertiary/aromatic N) is 1. The first-order chi connectivity index (χ1) is 12.2. The van der Waals surface area contributed by atoms with Gasteiger partial charge in [0.25, 0.3) is 0 Å². The van der Waals surface area contributed by atoms with Crippen LogP contribution >= 0.6 is 0 Å². The number of carbonyl (C=O) groups is 2. The fraction of sp³-hybridized carbons (Fsp3) is 0.529. The van der Waals surface area contributed by atoms with Crippen molar-refractivity contribution in [1.82, 2.24) is 9.62 Å². The number of hydrogen-bond donors (Lipinski definition) is 2. The number of likely N-dealkylation sites (tertiary alicyclic amines) is 1. The van der Waals surface area contributed by atoms with E-state index >= 15 is 0 Å². The lowest BCUT2D eigenvalue weighted by Gasteiger charge is -2.37. The van der Waals surface area contributed by atoms with Crippen LogP contribution in [0.5, 0.6) is 0 Å². The van der Waals surface area contributed by atoms with Crippen LogP contribution in [0.25, 0.3) is 0 Å². The summed E-state index contributed by atoms with van der Waals surface area (Å²) in [5.74, 6) is -2.26. The molecule has 0 aromatic heterocycles. The van der Waals surface area contributed by atoms with E-state index in [1.54, 1.807) is 4.90 Å². The lowest BCUT2D eigenvalue weighted by atomic mass is 9.97. The SMILES string of the molecule is CC(NS(=O)(=O)c1ccccc1F)C(=O)N1CCCCC1CCC(=O)O. The van der Waals surface area contributed by atoms with E-state index in [2.05, 4.69) is 4.72 Å². The number of amides is 1. The maximum absolute atomic E-state index is 13.8. The Hall–Kier alpha value is -2.00. The monoisotopic (exact) mass is 386 g/mol. The van der Waals surface area contributed by atoms with Gasteiger partial charge in [0.15, 0.2) is 0 Å². The van der Waals surface area contributed by atoms with Crippen molar-refractivity contribution in [2.45, 2.75) is 56.0 Å². The highest BCUT2D eigenvalue weighted by molar-refractivity contribution is 7.89. The average Bonchev–Trinajstić information content (AvgIpc) is 2.59. The topological polar surface area (TPSA) is 104 Å². The van der Waals surface area contributed by atoms with Crippen molar-refractivity contribution >= 4 is 21.9 Å². The zero-order valence-electron chi connectivity index (χ0n) is 14.5. The van der Waals surface area contributed by atoms with Gasteiger partial charge in [-0.15, -0.1) is 0 Å². The van der Waals surface area contributed by atoms with Gasteiger partial charge in [-0.05, 0) is 44.7 Å². The third kappa shape index (κ3) is 5.01. The van der Waals surface area contributed by atoms with Crippen molar-refractivity contribution in [2.75, 3.05) is 6.54 Å². The number of rotatable bonds is 7. The lowest BCUT2D eigenvalue weighted by Crippen LogP contribution is -2.52. The smallest absolute Gasteiger partial charge is 0.303 e. The minimum Gasteiger partial charge on any atom is -0.481 e. The van der Waals surface area contributed by atoms with Gasteiger partial charge in [0.2, 0.25) is 15.9 Å². The van der Waals surface area contributed by atoms with Crippen LogP contribution in [0.3, 0.4) is 0 Å². The fourth-order valence-corrected chi connectivity index (χ4v) is 4.41. The number of piperidine rings is 1. The number of carboxylic acids is 1. The Bertz CT molecular complexity index is 768. The van der Waals surface area contributed by atoms with Gasteiger partial charge in [-0.25, -0.2) is 12.8 Å². The van der Waals surface area contributed by atoms with Gasteiger partial charge in [-0.2, -0.15) is 4.72 Å². The molecule has 0 aliphatic carbocycles. The molecule has 7 nitrogen and oxygen atoms in total. The molecular weight excluding hydrogens is 363 g/mol. The highest BCUT2D eigenvalue weighted by Crippen LogP contribution is 2.22. The number of sulfonamides is 1. The summed E-state index contributed by atoms with van der Waals surface area (Å²) in [4.78, 5) is 24.5. The maximum Gasteiger partial charge on any atom is 0.303 e. The summed E-state index contributed by atoms with van der Waals surface area (Å²) in [6, 6.07) is 3.64. The van der Waals surface area contributed by atoms with E-state index in [4.69, 9.17) is 5.11 Å². The van der Waals surface area contributed by atoms with Gasteiger partial charge in [-0.3, -0.25) is 9.59 Å². The molecular formula is C17H23FN2O5S. The van der Waals surface area contributed by atoms with E-state index in [1.165, 1.54) is 19.1 Å². The van der Waals surface area contributed by atoms with Crippen molar-refractivity contribution in [1.29, 1.82) is 0 Å². The number of nitrogens with one attached hydrogen (secondary N) is 1. The molecule has 2 rings (SSSR count). The van der Waals surface area contributed by atoms with Crippen LogP contribution in [0, 0.1) is 5.82 Å². The predicted molar refractivity (Wildman–Crippen MR) is 92.4 cm³/mol. The molecule has 144 valence electrons. The zero-order valence-corrected chi connectivity index (χ0v) is 15.3. The highest BCUT2D eigenvalue weighted by atomic mass is 32.2. The summed E-state index contributed by atoms with van der Waals surface area (Å²) in [6.07, 6.45) is 2.63. The van der Waals surface area contributed by atoms with Crippen LogP contribution in [-0.4, -0.2) is 48.9 Å². The molecule has 1 aromatic carbocycles. The molecule has 9 heteroatoms. The molecule has 1 aliphatic heterocycles. The molecule has 2 N–H and O–H groups in total. The third-order valence-corrected chi connectivity index (χ3v) is 6.00. The number of benzene rings is 1. The van der Waals surface area contributed by atoms with E-state index in [0.29, 0.717) is 19.4 Å². The number of carbonyl (C=O) groups excluding carboxylic acids is 1. The van der Waals surface area contributed by atoms with E-state index in [1.807, 2.05) is 0 Å². The molecule has 1 fully saturated rings. The van der Waals surface area contributed by atoms with E-state index in [9.17, 15) is 22.4 Å². The molecule has 1 aromatic rings. The molecule has 0 radical (unpaired) electrons. The summed E-state index contributed by atoms with van der Waals surface area (Å²) in [5.41, 5.74) is 0. The summed E-state index contributed by atoms with van der Waals surface area (Å²) in [7, 11) is -4.18. The Morgan fingerprint density at radius 3 is 2.69 bits per heavy atom. The molecule has 2 unspecified atom stereocenters. The third-order valence-electron chi connectivity index (χ3n) is 4.43. The van der Waals surface area contributed by atoms with Gasteiger partial charge >= 0.3 is 5.97 Å². The van der Waals surface area contributed by atoms with Crippen LogP contribution in [0.1, 0.15) is 39.0 Å². The normalized spacial score (nSPS) is 19.2. The quantitative estimate of drug-likeness (QED) is 0.743. The van der Waals surface area contributed by atoms with Gasteiger partial charge in [0.05, 0.1) is 6.04 Å². The van der Waals surface area contributed by atoms with Crippen LogP contribution in [-0.2, 0) is 19.6 Å². The molecule has 1 saturated heterocycles. The molecule has 0 spiro atoms. The molecule has 2 atom stereocenters. The maximum atomic E-state index is 13.8. The van der Waals surface area contributed by atoms with E-state index < -0.39 is 38.7 Å². The van der Waals surface area contributed by atoms with Crippen molar-refractivity contribution in [3.8, 4) is 0 Å². The van der Waals surface area contributed by atoms with Crippen molar-refractivity contribution in [2.24, 2.45) is 0 Å². The molecule has 1 amide bonds. The predicted octanol–water partition coefficient (Wildman–Crippen LogP) is 1.74. The van der Waals surface area contributed by atoms with Gasteiger partial charge in [0, 0.05) is 19.0 Å². The number of hydrogen-bond acceptors (Lipinski definition) is 4. The minimum atomic E-state index is -4.18. The Morgan fingerprint density at radius 1 is 1.35 bits per heavy atom. The Labute approximate surface area is 152 Å². The summed E-state index contributed by atoms with van der Waals surface area (Å²) in [6.45, 7) is 1.86. The van der Waals surface area contributed by atoms with E-state index in [-0.39, 0.29) is 12.5 Å². The second-order valence-electron chi connectivity index (χ2n) is 6.39. The van der Waals surface area contributed by atoms with Crippen LogP contribution in [0.2, 0.25) is 0 Å². The summed E-state index contributed by atoms with van der Waals surface area (Å²) in [5, 5.41) is 8.85. The van der Waals surface area contributed by atoms with Gasteiger partial charge in [-0.1, -0.05) is 12.1 Å². The second-order valence-corrected chi connectivity index (χ2v) is 8.07.